The monoisotopic (exact) mass is 149 g/mol. The molecule has 1 aliphatic carbocycles. The average Bonchev–Trinajstić information content (AvgIpc) is 2.47. The minimum Gasteiger partial charge on any atom is -0.375 e. The predicted molar refractivity (Wildman–Crippen MR) is 42.3 cm³/mol. The molecule has 0 saturated carbocycles. The van der Waals surface area contributed by atoms with Gasteiger partial charge in [0.05, 0.1) is 11.8 Å². The Labute approximate surface area is 66.2 Å². The highest BCUT2D eigenvalue weighted by Gasteiger charge is 2.22. The highest BCUT2D eigenvalue weighted by atomic mass is 16.5. The molecule has 0 saturated heterocycles. The molecule has 0 N–H and O–H groups in total. The normalized spacial score (nSPS) is 21.7. The van der Waals surface area contributed by atoms with Crippen LogP contribution in [0, 0.1) is 0 Å². The van der Waals surface area contributed by atoms with Crippen molar-refractivity contribution in [2.75, 3.05) is 7.11 Å². The number of hydrogen-bond acceptors (Lipinski definition) is 2. The summed E-state index contributed by atoms with van der Waals surface area (Å²) in [6.45, 7) is 0. The van der Waals surface area contributed by atoms with Crippen LogP contribution in [0.5, 0.6) is 0 Å². The van der Waals surface area contributed by atoms with Crippen LogP contribution in [-0.2, 0) is 11.2 Å². The second-order valence-corrected chi connectivity index (χ2v) is 2.81. The van der Waals surface area contributed by atoms with Crippen molar-refractivity contribution in [2.45, 2.75) is 18.9 Å². The SMILES string of the molecule is COC1CCc2cccnc21. The van der Waals surface area contributed by atoms with E-state index in [1.54, 1.807) is 7.11 Å². The molecule has 0 amide bonds. The summed E-state index contributed by atoms with van der Waals surface area (Å²) in [5.41, 5.74) is 2.48. The quantitative estimate of drug-likeness (QED) is 0.606. The Hall–Kier alpha value is -0.890. The molecule has 0 spiro atoms. The van der Waals surface area contributed by atoms with Crippen LogP contribution in [0.4, 0.5) is 0 Å². The van der Waals surface area contributed by atoms with Gasteiger partial charge in [0.25, 0.3) is 0 Å². The van der Waals surface area contributed by atoms with E-state index in [4.69, 9.17) is 4.74 Å². The Morgan fingerprint density at radius 3 is 3.36 bits per heavy atom. The molecule has 1 atom stereocenters. The van der Waals surface area contributed by atoms with E-state index in [9.17, 15) is 0 Å². The number of aromatic nitrogens is 1. The van der Waals surface area contributed by atoms with Crippen molar-refractivity contribution in [3.8, 4) is 0 Å². The predicted octanol–water partition coefficient (Wildman–Crippen LogP) is 1.72. The van der Waals surface area contributed by atoms with Crippen molar-refractivity contribution in [1.82, 2.24) is 4.98 Å². The highest BCUT2D eigenvalue weighted by Crippen LogP contribution is 2.30. The summed E-state index contributed by atoms with van der Waals surface area (Å²) in [6.07, 6.45) is 4.27. The van der Waals surface area contributed by atoms with Gasteiger partial charge in [0.2, 0.25) is 0 Å². The maximum absolute atomic E-state index is 5.28. The fraction of sp³-hybridized carbons (Fsp3) is 0.444. The Kier molecular flexibility index (Phi) is 1.62. The third-order valence-electron chi connectivity index (χ3n) is 2.19. The van der Waals surface area contributed by atoms with E-state index < -0.39 is 0 Å². The maximum Gasteiger partial charge on any atom is 0.0996 e. The van der Waals surface area contributed by atoms with Crippen molar-refractivity contribution in [2.24, 2.45) is 0 Å². The molecular formula is C9H11NO. The van der Waals surface area contributed by atoms with Crippen molar-refractivity contribution in [1.29, 1.82) is 0 Å². The third-order valence-corrected chi connectivity index (χ3v) is 2.19. The largest absolute Gasteiger partial charge is 0.375 e. The van der Waals surface area contributed by atoms with Crippen molar-refractivity contribution < 1.29 is 4.74 Å². The zero-order valence-electron chi connectivity index (χ0n) is 6.58. The first kappa shape index (κ1) is 6.80. The molecule has 0 aliphatic heterocycles. The first-order valence-corrected chi connectivity index (χ1v) is 3.88. The van der Waals surface area contributed by atoms with Gasteiger partial charge in [-0.1, -0.05) is 6.07 Å². The molecule has 2 nitrogen and oxygen atoms in total. The van der Waals surface area contributed by atoms with E-state index in [1.165, 1.54) is 5.56 Å². The molecule has 1 aliphatic rings. The summed E-state index contributed by atoms with van der Waals surface area (Å²) < 4.78 is 5.28. The summed E-state index contributed by atoms with van der Waals surface area (Å²) in [5.74, 6) is 0. The van der Waals surface area contributed by atoms with Crippen LogP contribution in [0.1, 0.15) is 23.8 Å². The molecule has 0 fully saturated rings. The van der Waals surface area contributed by atoms with Crippen molar-refractivity contribution in [3.63, 3.8) is 0 Å². The van der Waals surface area contributed by atoms with Gasteiger partial charge in [0.1, 0.15) is 0 Å². The van der Waals surface area contributed by atoms with Crippen LogP contribution < -0.4 is 0 Å². The van der Waals surface area contributed by atoms with E-state index >= 15 is 0 Å². The molecule has 2 rings (SSSR count). The highest BCUT2D eigenvalue weighted by molar-refractivity contribution is 5.26. The van der Waals surface area contributed by atoms with E-state index in [0.29, 0.717) is 0 Å². The minimum absolute atomic E-state index is 0.242. The molecule has 0 bridgehead atoms. The van der Waals surface area contributed by atoms with Crippen molar-refractivity contribution >= 4 is 0 Å². The summed E-state index contributed by atoms with van der Waals surface area (Å²) in [6, 6.07) is 4.11. The Bertz CT molecular complexity index is 259. The number of fused-ring (bicyclic) bond motifs is 1. The van der Waals surface area contributed by atoms with Crippen LogP contribution in [0.2, 0.25) is 0 Å². The first-order valence-electron chi connectivity index (χ1n) is 3.88. The third kappa shape index (κ3) is 1.03. The standard InChI is InChI=1S/C9H11NO/c1-11-8-5-4-7-3-2-6-10-9(7)8/h2-3,6,8H,4-5H2,1H3. The van der Waals surface area contributed by atoms with E-state index in [2.05, 4.69) is 11.1 Å². The second kappa shape index (κ2) is 2.62. The molecule has 0 radical (unpaired) electrons. The lowest BCUT2D eigenvalue weighted by Crippen LogP contribution is -1.97. The van der Waals surface area contributed by atoms with Gasteiger partial charge in [-0.05, 0) is 24.5 Å². The Morgan fingerprint density at radius 1 is 1.64 bits per heavy atom. The molecule has 1 aromatic heterocycles. The van der Waals surface area contributed by atoms with Gasteiger partial charge in [-0.2, -0.15) is 0 Å². The molecule has 1 aromatic rings. The number of hydrogen-bond donors (Lipinski definition) is 0. The van der Waals surface area contributed by atoms with E-state index in [-0.39, 0.29) is 6.10 Å². The number of nitrogens with zero attached hydrogens (tertiary/aromatic N) is 1. The van der Waals surface area contributed by atoms with Gasteiger partial charge < -0.3 is 4.74 Å². The van der Waals surface area contributed by atoms with Gasteiger partial charge in [0.15, 0.2) is 0 Å². The van der Waals surface area contributed by atoms with Crippen LogP contribution in [0.25, 0.3) is 0 Å². The lowest BCUT2D eigenvalue weighted by molar-refractivity contribution is 0.102. The minimum atomic E-state index is 0.242. The van der Waals surface area contributed by atoms with Crippen LogP contribution >= 0.6 is 0 Å². The Morgan fingerprint density at radius 2 is 2.55 bits per heavy atom. The van der Waals surface area contributed by atoms with Gasteiger partial charge >= 0.3 is 0 Å². The number of ether oxygens (including phenoxy) is 1. The van der Waals surface area contributed by atoms with Gasteiger partial charge in [-0.3, -0.25) is 4.98 Å². The number of pyridine rings is 1. The number of methoxy groups -OCH3 is 1. The fourth-order valence-corrected chi connectivity index (χ4v) is 1.60. The van der Waals surface area contributed by atoms with Gasteiger partial charge in [0, 0.05) is 13.3 Å². The molecule has 58 valence electrons. The van der Waals surface area contributed by atoms with Crippen LogP contribution in [-0.4, -0.2) is 12.1 Å². The topological polar surface area (TPSA) is 22.1 Å². The molecule has 0 aromatic carbocycles. The number of aryl methyl sites for hydroxylation is 1. The number of rotatable bonds is 1. The molecule has 1 unspecified atom stereocenters. The summed E-state index contributed by atoms with van der Waals surface area (Å²) in [4.78, 5) is 4.29. The van der Waals surface area contributed by atoms with E-state index in [0.717, 1.165) is 18.5 Å². The van der Waals surface area contributed by atoms with Gasteiger partial charge in [-0.15, -0.1) is 0 Å². The zero-order valence-corrected chi connectivity index (χ0v) is 6.58. The first-order chi connectivity index (χ1) is 5.42. The summed E-state index contributed by atoms with van der Waals surface area (Å²) in [5, 5.41) is 0. The van der Waals surface area contributed by atoms with Crippen LogP contribution in [0.15, 0.2) is 18.3 Å². The molecular weight excluding hydrogens is 138 g/mol. The Balaban J connectivity index is 2.39. The van der Waals surface area contributed by atoms with Crippen molar-refractivity contribution in [3.05, 3.63) is 29.6 Å². The smallest absolute Gasteiger partial charge is 0.0996 e. The average molecular weight is 149 g/mol. The molecule has 11 heavy (non-hydrogen) atoms. The lowest BCUT2D eigenvalue weighted by atomic mass is 10.2. The summed E-state index contributed by atoms with van der Waals surface area (Å²) >= 11 is 0. The fourth-order valence-electron chi connectivity index (χ4n) is 1.60. The molecule has 2 heteroatoms. The lowest BCUT2D eigenvalue weighted by Gasteiger charge is -2.06. The second-order valence-electron chi connectivity index (χ2n) is 2.81. The summed E-state index contributed by atoms with van der Waals surface area (Å²) in [7, 11) is 1.74. The maximum atomic E-state index is 5.28. The van der Waals surface area contributed by atoms with Gasteiger partial charge in [-0.25, -0.2) is 0 Å². The van der Waals surface area contributed by atoms with Crippen LogP contribution in [0.3, 0.4) is 0 Å². The zero-order chi connectivity index (χ0) is 7.68. The van der Waals surface area contributed by atoms with E-state index in [1.807, 2.05) is 12.3 Å². The molecule has 1 heterocycles.